The fourth-order valence-electron chi connectivity index (χ4n) is 8.64. The molecule has 3 aliphatic heterocycles. The van der Waals surface area contributed by atoms with E-state index in [1.807, 2.05) is 65.8 Å². The minimum atomic E-state index is -1.93. The number of methoxy groups -OCH3 is 2. The molecule has 0 aromatic rings. The molecular formula is C45H74O13. The van der Waals surface area contributed by atoms with Gasteiger partial charge in [-0.2, -0.15) is 0 Å². The van der Waals surface area contributed by atoms with Gasteiger partial charge in [-0.3, -0.25) is 0 Å². The van der Waals surface area contributed by atoms with E-state index in [1.165, 1.54) is 20.3 Å². The number of rotatable bonds is 10. The molecule has 0 aliphatic carbocycles. The molecule has 0 saturated carbocycles. The highest BCUT2D eigenvalue weighted by Gasteiger charge is 2.52. The average Bonchev–Trinajstić information content (AvgIpc) is 3.17. The van der Waals surface area contributed by atoms with Gasteiger partial charge in [0.1, 0.15) is 18.3 Å². The van der Waals surface area contributed by atoms with Crippen molar-refractivity contribution in [3.8, 4) is 0 Å². The summed E-state index contributed by atoms with van der Waals surface area (Å²) in [5, 5.41) is 67.8. The van der Waals surface area contributed by atoms with Crippen molar-refractivity contribution in [3.05, 3.63) is 59.4 Å². The molecule has 13 heteroatoms. The van der Waals surface area contributed by atoms with E-state index >= 15 is 0 Å². The molecule has 3 rings (SSSR count). The highest BCUT2D eigenvalue weighted by Crippen LogP contribution is 2.42. The Balaban J connectivity index is 2.02. The van der Waals surface area contributed by atoms with Crippen LogP contribution in [0.2, 0.25) is 0 Å². The van der Waals surface area contributed by atoms with Crippen molar-refractivity contribution in [2.45, 2.75) is 168 Å². The number of aliphatic hydroxyl groups excluding tert-OH is 5. The van der Waals surface area contributed by atoms with E-state index in [0.717, 1.165) is 5.57 Å². The monoisotopic (exact) mass is 823 g/mol. The Labute approximate surface area is 346 Å². The van der Waals surface area contributed by atoms with Gasteiger partial charge in [-0.25, -0.2) is 4.79 Å². The fourth-order valence-corrected chi connectivity index (χ4v) is 8.64. The molecule has 2 saturated heterocycles. The third kappa shape index (κ3) is 12.6. The highest BCUT2D eigenvalue weighted by atomic mass is 16.7. The van der Waals surface area contributed by atoms with E-state index in [2.05, 4.69) is 0 Å². The summed E-state index contributed by atoms with van der Waals surface area (Å²) in [5.74, 6) is -5.78. The lowest BCUT2D eigenvalue weighted by atomic mass is 9.77. The lowest BCUT2D eigenvalue weighted by Crippen LogP contribution is -2.59. The topological polar surface area (TPSA) is 194 Å². The van der Waals surface area contributed by atoms with Crippen LogP contribution in [0.5, 0.6) is 0 Å². The fraction of sp³-hybridized carbons (Fsp3) is 0.756. The summed E-state index contributed by atoms with van der Waals surface area (Å²) in [6.45, 7) is 18.3. The maximum atomic E-state index is 13.9. The Kier molecular flexibility index (Phi) is 19.3. The van der Waals surface area contributed by atoms with Crippen molar-refractivity contribution in [1.29, 1.82) is 0 Å². The summed E-state index contributed by atoms with van der Waals surface area (Å²) in [5.41, 5.74) is 1.61. The van der Waals surface area contributed by atoms with Gasteiger partial charge in [-0.05, 0) is 52.5 Å². The zero-order chi connectivity index (χ0) is 43.6. The van der Waals surface area contributed by atoms with Gasteiger partial charge in [0.15, 0.2) is 12.1 Å². The van der Waals surface area contributed by atoms with Crippen LogP contribution in [0.15, 0.2) is 59.4 Å². The van der Waals surface area contributed by atoms with Crippen LogP contribution < -0.4 is 0 Å². The van der Waals surface area contributed by atoms with E-state index < -0.39 is 90.9 Å². The van der Waals surface area contributed by atoms with Crippen molar-refractivity contribution in [2.24, 2.45) is 35.5 Å². The first-order valence-electron chi connectivity index (χ1n) is 21.0. The van der Waals surface area contributed by atoms with Gasteiger partial charge in [0.05, 0.1) is 49.8 Å². The van der Waals surface area contributed by atoms with Gasteiger partial charge in [-0.1, -0.05) is 89.1 Å². The van der Waals surface area contributed by atoms with Crippen molar-refractivity contribution >= 4 is 5.97 Å². The molecule has 13 nitrogen and oxygen atoms in total. The first-order chi connectivity index (χ1) is 27.2. The Morgan fingerprint density at radius 1 is 1.03 bits per heavy atom. The Bertz CT molecular complexity index is 1450. The molecule has 18 atom stereocenters. The van der Waals surface area contributed by atoms with Crippen LogP contribution in [0.4, 0.5) is 0 Å². The van der Waals surface area contributed by atoms with Crippen molar-refractivity contribution < 1.29 is 63.9 Å². The number of carbonyl (C=O) groups excluding carboxylic acids is 1. The van der Waals surface area contributed by atoms with E-state index in [9.17, 15) is 35.4 Å². The smallest absolute Gasteiger partial charge is 0.373 e. The molecule has 0 aromatic carbocycles. The molecule has 0 bridgehead atoms. The molecule has 58 heavy (non-hydrogen) atoms. The van der Waals surface area contributed by atoms with Crippen LogP contribution in [-0.2, 0) is 33.2 Å². The van der Waals surface area contributed by atoms with Crippen LogP contribution in [-0.4, -0.2) is 124 Å². The van der Waals surface area contributed by atoms with Crippen LogP contribution in [0, 0.1) is 35.5 Å². The van der Waals surface area contributed by atoms with Gasteiger partial charge in [0, 0.05) is 49.5 Å². The standard InChI is InChI=1S/C45H74O13/c1-13-16-34-28(7)37(56-38-22-33(46)42(50)31(10)55-38)23-45(52,58-34)30(9)41(49)29(8)43-35(53-11)18-15-17-24(3)19-26(5)39(47)32(14-2)40(48)27(6)20-25(4)21-36(54-12)44(51)57-43/h13,15-18,20-21,26-35,37-43,46-50,52H,14,19,22-23H2,1-12H3/t26?,27?,28?,29?,30?,31?,32?,33?,34?,35?,37?,38?,39?,40?,41?,42?,43?,45-/m1/s1. The van der Waals surface area contributed by atoms with E-state index in [1.54, 1.807) is 39.8 Å². The summed E-state index contributed by atoms with van der Waals surface area (Å²) >= 11 is 0. The third-order valence-electron chi connectivity index (χ3n) is 12.5. The molecule has 0 spiro atoms. The number of esters is 1. The molecule has 332 valence electrons. The van der Waals surface area contributed by atoms with Gasteiger partial charge < -0.3 is 59.1 Å². The second-order valence-corrected chi connectivity index (χ2v) is 17.1. The SMILES string of the molecule is CC=CC1O[C@@](O)(C(C)C(O)C(C)C2OC(=O)C(OC)=CC(C)=CC(C)C(O)C(CC)C(O)C(C)CC(C)=CC=CC2OC)CC(OC2CC(O)C(O)C(C)O2)C1C. The summed E-state index contributed by atoms with van der Waals surface area (Å²) in [6.07, 6.45) is 3.82. The lowest BCUT2D eigenvalue weighted by molar-refractivity contribution is -0.339. The summed E-state index contributed by atoms with van der Waals surface area (Å²) < 4.78 is 36.1. The maximum Gasteiger partial charge on any atom is 0.373 e. The largest absolute Gasteiger partial charge is 0.490 e. The number of aliphatic hydroxyl groups is 6. The minimum Gasteiger partial charge on any atom is -0.490 e. The van der Waals surface area contributed by atoms with E-state index in [0.29, 0.717) is 18.4 Å². The lowest BCUT2D eigenvalue weighted by Gasteiger charge is -2.49. The first kappa shape index (κ1) is 49.9. The van der Waals surface area contributed by atoms with Crippen LogP contribution in [0.3, 0.4) is 0 Å². The molecule has 0 radical (unpaired) electrons. The zero-order valence-electron chi connectivity index (χ0n) is 36.7. The van der Waals surface area contributed by atoms with E-state index in [4.69, 9.17) is 28.4 Å². The minimum absolute atomic E-state index is 0.0414. The van der Waals surface area contributed by atoms with Crippen molar-refractivity contribution in [1.82, 2.24) is 0 Å². The summed E-state index contributed by atoms with van der Waals surface area (Å²) in [7, 11) is 2.83. The quantitative estimate of drug-likeness (QED) is 0.129. The predicted octanol–water partition coefficient (Wildman–Crippen LogP) is 4.88. The van der Waals surface area contributed by atoms with Gasteiger partial charge in [0.25, 0.3) is 0 Å². The number of allylic oxidation sites excluding steroid dienone is 6. The van der Waals surface area contributed by atoms with Crippen LogP contribution >= 0.6 is 0 Å². The van der Waals surface area contributed by atoms with Crippen LogP contribution in [0.25, 0.3) is 0 Å². The summed E-state index contributed by atoms with van der Waals surface area (Å²) in [4.78, 5) is 13.9. The van der Waals surface area contributed by atoms with Crippen LogP contribution in [0.1, 0.15) is 94.9 Å². The Hall–Kier alpha value is -2.43. The number of ether oxygens (including phenoxy) is 6. The molecule has 3 heterocycles. The second kappa shape index (κ2) is 22.4. The number of cyclic esters (lactones) is 1. The van der Waals surface area contributed by atoms with Gasteiger partial charge >= 0.3 is 5.97 Å². The number of hydrogen-bond donors (Lipinski definition) is 6. The molecule has 2 fully saturated rings. The molecule has 0 aromatic heterocycles. The van der Waals surface area contributed by atoms with Gasteiger partial charge in [-0.15, -0.1) is 0 Å². The normalized spacial score (nSPS) is 40.7. The molecular weight excluding hydrogens is 748 g/mol. The van der Waals surface area contributed by atoms with Crippen molar-refractivity contribution in [3.63, 3.8) is 0 Å². The number of hydrogen-bond acceptors (Lipinski definition) is 13. The zero-order valence-corrected chi connectivity index (χ0v) is 36.7. The summed E-state index contributed by atoms with van der Waals surface area (Å²) in [6, 6.07) is 0. The molecule has 0 amide bonds. The first-order valence-corrected chi connectivity index (χ1v) is 21.0. The molecule has 17 unspecified atom stereocenters. The second-order valence-electron chi connectivity index (χ2n) is 17.1. The highest BCUT2D eigenvalue weighted by molar-refractivity contribution is 5.87. The molecule has 6 N–H and O–H groups in total. The van der Waals surface area contributed by atoms with E-state index in [-0.39, 0.29) is 42.3 Å². The van der Waals surface area contributed by atoms with Crippen molar-refractivity contribution in [2.75, 3.05) is 14.2 Å². The van der Waals surface area contributed by atoms with Gasteiger partial charge in [0.2, 0.25) is 5.76 Å². The third-order valence-corrected chi connectivity index (χ3v) is 12.5. The number of carbonyl (C=O) groups is 1. The molecule has 3 aliphatic rings. The maximum absolute atomic E-state index is 13.9. The average molecular weight is 823 g/mol. The predicted molar refractivity (Wildman–Crippen MR) is 220 cm³/mol. The Morgan fingerprint density at radius 3 is 2.29 bits per heavy atom. The Morgan fingerprint density at radius 2 is 1.71 bits per heavy atom.